The van der Waals surface area contributed by atoms with Gasteiger partial charge in [0.25, 0.3) is 5.91 Å². The molecule has 0 aromatic heterocycles. The molecule has 2 aromatic carbocycles. The van der Waals surface area contributed by atoms with Gasteiger partial charge in [-0.2, -0.15) is 0 Å². The van der Waals surface area contributed by atoms with Crippen LogP contribution in [0.1, 0.15) is 80.0 Å². The minimum Gasteiger partial charge on any atom is -0.497 e. The molecule has 0 aliphatic rings. The third-order valence-corrected chi connectivity index (χ3v) is 6.49. The molecule has 0 spiro atoms. The van der Waals surface area contributed by atoms with Crippen molar-refractivity contribution >= 4 is 23.4 Å². The van der Waals surface area contributed by atoms with Crippen LogP contribution in [-0.4, -0.2) is 69.1 Å². The summed E-state index contributed by atoms with van der Waals surface area (Å²) >= 11 is 0. The first-order valence-electron chi connectivity index (χ1n) is 14.4. The summed E-state index contributed by atoms with van der Waals surface area (Å²) in [4.78, 5) is 19.7. The number of nitrogens with one attached hydrogen (secondary N) is 2. The van der Waals surface area contributed by atoms with Crippen LogP contribution in [0, 0.1) is 6.92 Å². The first kappa shape index (κ1) is 34.7. The molecule has 2 rings (SSSR count). The second-order valence-electron chi connectivity index (χ2n) is 9.43. The number of aliphatic hydroxyl groups is 1. The third-order valence-electron chi connectivity index (χ3n) is 6.49. The van der Waals surface area contributed by atoms with Crippen LogP contribution in [0.3, 0.4) is 0 Å². The molecule has 0 radical (unpaired) electrons. The summed E-state index contributed by atoms with van der Waals surface area (Å²) in [6, 6.07) is 11.4. The molecule has 40 heavy (non-hydrogen) atoms. The van der Waals surface area contributed by atoms with Crippen molar-refractivity contribution in [2.24, 2.45) is 10.7 Å². The maximum absolute atomic E-state index is 13.3. The van der Waals surface area contributed by atoms with E-state index in [0.29, 0.717) is 11.3 Å². The van der Waals surface area contributed by atoms with E-state index in [1.54, 1.807) is 20.4 Å². The Morgan fingerprint density at radius 1 is 1.15 bits per heavy atom. The van der Waals surface area contributed by atoms with Gasteiger partial charge in [-0.1, -0.05) is 33.3 Å². The summed E-state index contributed by atoms with van der Waals surface area (Å²) in [5, 5.41) is 15.8. The molecular formula is C32H51N5O3. The number of aliphatic hydroxyl groups excluding tert-OH is 1. The van der Waals surface area contributed by atoms with Gasteiger partial charge in [-0.15, -0.1) is 0 Å². The number of carbonyl (C=O) groups excluding carboxylic acids is 1. The number of allylic oxidation sites excluding steroid dienone is 1. The Bertz CT molecular complexity index is 1080. The van der Waals surface area contributed by atoms with Crippen molar-refractivity contribution in [3.05, 3.63) is 64.9 Å². The van der Waals surface area contributed by atoms with E-state index in [0.717, 1.165) is 73.4 Å². The van der Waals surface area contributed by atoms with Crippen molar-refractivity contribution in [1.82, 2.24) is 10.2 Å². The van der Waals surface area contributed by atoms with Crippen LogP contribution >= 0.6 is 0 Å². The van der Waals surface area contributed by atoms with Gasteiger partial charge in [-0.25, -0.2) is 0 Å². The maximum Gasteiger partial charge on any atom is 0.252 e. The van der Waals surface area contributed by atoms with E-state index >= 15 is 0 Å². The van der Waals surface area contributed by atoms with Crippen molar-refractivity contribution in [3.63, 3.8) is 0 Å². The van der Waals surface area contributed by atoms with E-state index in [4.69, 9.17) is 10.5 Å². The van der Waals surface area contributed by atoms with Gasteiger partial charge >= 0.3 is 0 Å². The Morgan fingerprint density at radius 2 is 1.88 bits per heavy atom. The number of methoxy groups -OCH3 is 1. The summed E-state index contributed by atoms with van der Waals surface area (Å²) < 4.78 is 5.49. The number of aryl methyl sites for hydroxylation is 1. The molecule has 0 bridgehead atoms. The minimum atomic E-state index is -0.261. The number of amides is 1. The first-order chi connectivity index (χ1) is 19.4. The largest absolute Gasteiger partial charge is 0.497 e. The molecule has 0 saturated carbocycles. The van der Waals surface area contributed by atoms with Crippen LogP contribution in [0.15, 0.2) is 47.6 Å². The number of anilines is 1. The number of unbranched alkanes of at least 4 members (excludes halogenated alkanes) is 1. The topological polar surface area (TPSA) is 112 Å². The molecule has 222 valence electrons. The lowest BCUT2D eigenvalue weighted by Crippen LogP contribution is -2.31. The number of rotatable bonds is 16. The van der Waals surface area contributed by atoms with E-state index in [1.807, 2.05) is 64.1 Å². The number of ether oxygens (including phenoxy) is 1. The number of aliphatic imine (C=N–C) groups is 1. The first-order valence-corrected chi connectivity index (χ1v) is 14.4. The maximum atomic E-state index is 13.3. The fraction of sp³-hybridized carbons (Fsp3) is 0.500. The van der Waals surface area contributed by atoms with Crippen LogP contribution in [0.4, 0.5) is 5.69 Å². The van der Waals surface area contributed by atoms with Crippen molar-refractivity contribution in [2.45, 2.75) is 59.9 Å². The fourth-order valence-electron chi connectivity index (χ4n) is 4.21. The van der Waals surface area contributed by atoms with Gasteiger partial charge in [0.15, 0.2) is 0 Å². The normalized spacial score (nSPS) is 12.2. The molecule has 8 nitrogen and oxygen atoms in total. The Balaban J connectivity index is 0.00000391. The highest BCUT2D eigenvalue weighted by molar-refractivity contribution is 6.09. The molecule has 0 fully saturated rings. The van der Waals surface area contributed by atoms with E-state index in [-0.39, 0.29) is 18.6 Å². The molecule has 0 aliphatic heterocycles. The van der Waals surface area contributed by atoms with Crippen LogP contribution < -0.4 is 21.1 Å². The van der Waals surface area contributed by atoms with Crippen LogP contribution in [0.2, 0.25) is 0 Å². The number of benzene rings is 2. The molecule has 0 aliphatic carbocycles. The van der Waals surface area contributed by atoms with E-state index in [9.17, 15) is 9.90 Å². The summed E-state index contributed by atoms with van der Waals surface area (Å²) in [7, 11) is 3.31. The minimum absolute atomic E-state index is 0.139. The molecule has 2 aromatic rings. The van der Waals surface area contributed by atoms with Crippen LogP contribution in [0.25, 0.3) is 5.57 Å². The second-order valence-corrected chi connectivity index (χ2v) is 9.43. The number of nitrogens with zero attached hydrogens (tertiary/aromatic N) is 2. The molecule has 1 amide bonds. The summed E-state index contributed by atoms with van der Waals surface area (Å²) in [6.45, 7) is 13.8. The second kappa shape index (κ2) is 19.7. The molecule has 5 N–H and O–H groups in total. The Kier molecular flexibility index (Phi) is 17.0. The van der Waals surface area contributed by atoms with E-state index < -0.39 is 0 Å². The Labute approximate surface area is 241 Å². The summed E-state index contributed by atoms with van der Waals surface area (Å²) in [6.07, 6.45) is 6.27. The van der Waals surface area contributed by atoms with Gasteiger partial charge in [-0.05, 0) is 80.3 Å². The zero-order chi connectivity index (χ0) is 29.9. The van der Waals surface area contributed by atoms with E-state index in [2.05, 4.69) is 27.4 Å². The standard InChI is InChI=1S/C30H45N5O3.C2H6/c1-6-7-12-35(13-8-15-36)14-11-33-27-10-9-22(2)29(19-27)30(37)34-23(3)24-16-25(18-28(17-24)38-5)26(20-31)21-32-4;1-2/h9-10,16-21,23,33,36H,6-8,11-15,31H2,1-5H3,(H,34,37);1-2H3/b26-20+,32-21?;. The molecule has 8 heteroatoms. The lowest BCUT2D eigenvalue weighted by molar-refractivity contribution is 0.0939. The van der Waals surface area contributed by atoms with Gasteiger partial charge in [0, 0.05) is 62.5 Å². The lowest BCUT2D eigenvalue weighted by Gasteiger charge is -2.22. The Morgan fingerprint density at radius 3 is 2.50 bits per heavy atom. The number of nitrogens with two attached hydrogens (primary N) is 1. The highest BCUT2D eigenvalue weighted by atomic mass is 16.5. The fourth-order valence-corrected chi connectivity index (χ4v) is 4.21. The monoisotopic (exact) mass is 553 g/mol. The van der Waals surface area contributed by atoms with Crippen LogP contribution in [0.5, 0.6) is 5.75 Å². The third kappa shape index (κ3) is 11.4. The quantitative estimate of drug-likeness (QED) is 0.207. The Hall–Kier alpha value is -3.36. The number of hydrogen-bond donors (Lipinski definition) is 4. The zero-order valence-electron chi connectivity index (χ0n) is 25.6. The number of carbonyl (C=O) groups is 1. The average Bonchev–Trinajstić information content (AvgIpc) is 2.98. The summed E-state index contributed by atoms with van der Waals surface area (Å²) in [5.74, 6) is 0.539. The predicted molar refractivity (Wildman–Crippen MR) is 170 cm³/mol. The molecule has 0 heterocycles. The van der Waals surface area contributed by atoms with Gasteiger partial charge in [-0.3, -0.25) is 9.79 Å². The van der Waals surface area contributed by atoms with Crippen molar-refractivity contribution in [3.8, 4) is 5.75 Å². The highest BCUT2D eigenvalue weighted by Gasteiger charge is 2.16. The van der Waals surface area contributed by atoms with Crippen molar-refractivity contribution < 1.29 is 14.6 Å². The van der Waals surface area contributed by atoms with Crippen molar-refractivity contribution in [2.75, 3.05) is 52.3 Å². The van der Waals surface area contributed by atoms with Crippen LogP contribution in [-0.2, 0) is 0 Å². The molecule has 0 saturated heterocycles. The predicted octanol–water partition coefficient (Wildman–Crippen LogP) is 5.42. The average molecular weight is 554 g/mol. The van der Waals surface area contributed by atoms with E-state index in [1.165, 1.54) is 6.20 Å². The summed E-state index contributed by atoms with van der Waals surface area (Å²) in [5.41, 5.74) is 10.8. The van der Waals surface area contributed by atoms with Gasteiger partial charge < -0.3 is 31.1 Å². The SMILES string of the molecule is CC.CCCCN(CCCO)CCNc1ccc(C)c(C(=O)NC(C)c2cc(OC)cc(/C(C=NC)=C/N)c2)c1. The highest BCUT2D eigenvalue weighted by Crippen LogP contribution is 2.26. The molecule has 1 atom stereocenters. The molecule has 1 unspecified atom stereocenters. The number of hydrogen-bond acceptors (Lipinski definition) is 7. The van der Waals surface area contributed by atoms with Gasteiger partial charge in [0.1, 0.15) is 5.75 Å². The van der Waals surface area contributed by atoms with Crippen molar-refractivity contribution in [1.29, 1.82) is 0 Å². The van der Waals surface area contributed by atoms with Gasteiger partial charge in [0.05, 0.1) is 13.2 Å². The smallest absolute Gasteiger partial charge is 0.252 e. The van der Waals surface area contributed by atoms with Gasteiger partial charge in [0.2, 0.25) is 0 Å². The molecular weight excluding hydrogens is 502 g/mol. The lowest BCUT2D eigenvalue weighted by atomic mass is 9.99. The zero-order valence-corrected chi connectivity index (χ0v) is 25.6.